The van der Waals surface area contributed by atoms with Gasteiger partial charge < -0.3 is 34.0 Å². The summed E-state index contributed by atoms with van der Waals surface area (Å²) in [7, 11) is 6.06. The monoisotopic (exact) mass is 847 g/mol. The maximum atomic E-state index is 15.2. The fourth-order valence-electron chi connectivity index (χ4n) is 12.0. The molecule has 1 spiro atoms. The largest absolute Gasteiger partial charge is 0.496 e. The van der Waals surface area contributed by atoms with Crippen molar-refractivity contribution in [3.63, 3.8) is 0 Å². The number of ether oxygens (including phenoxy) is 4. The molecule has 8 rings (SSSR count). The van der Waals surface area contributed by atoms with Crippen LogP contribution in [0.4, 0.5) is 14.5 Å². The lowest BCUT2D eigenvalue weighted by Crippen LogP contribution is -2.81. The number of esters is 3. The molecule has 2 fully saturated rings. The van der Waals surface area contributed by atoms with E-state index in [0.29, 0.717) is 68.9 Å². The number of carbonyl (C=O) groups excluding carboxylic acids is 3. The summed E-state index contributed by atoms with van der Waals surface area (Å²) < 4.78 is 53.7. The third-order valence-electron chi connectivity index (χ3n) is 14.8. The van der Waals surface area contributed by atoms with Gasteiger partial charge in [-0.3, -0.25) is 19.4 Å². The third kappa shape index (κ3) is 6.64. The summed E-state index contributed by atoms with van der Waals surface area (Å²) in [6.45, 7) is 6.56. The number of fused-ring (bicyclic) bond motifs is 6. The average Bonchev–Trinajstić information content (AvgIpc) is 3.62. The van der Waals surface area contributed by atoms with Crippen LogP contribution in [0.1, 0.15) is 81.7 Å². The standard InChI is InChI=1S/C46H59F2N5O8/c1-8-43-16-12-20-53-19-11-13-30-22-34(37(58-5)23-36(30)51(4)50-46(43,53)18-17-45(57,41(56)60-7)39(43)61-28(2)54)44(40(55)59-6)24-29-21-31(42(3,47)48)26-52(25-29)27-33-32-14-9-10-15-35(32)49-38(33)44/h9-10,12,14-16,22-23,29,31,39,49-50,57H,8,11,13,17-21,24-27H2,1-7H3. The van der Waals surface area contributed by atoms with E-state index < -0.39 is 57.9 Å². The summed E-state index contributed by atoms with van der Waals surface area (Å²) in [4.78, 5) is 49.2. The van der Waals surface area contributed by atoms with Gasteiger partial charge in [-0.1, -0.05) is 37.3 Å². The fourth-order valence-corrected chi connectivity index (χ4v) is 12.0. The number of nitrogens with zero attached hydrogens (tertiary/aromatic N) is 3. The van der Waals surface area contributed by atoms with Crippen LogP contribution in [0.3, 0.4) is 0 Å². The van der Waals surface area contributed by atoms with E-state index in [9.17, 15) is 19.5 Å². The number of para-hydroxylation sites is 1. The number of halogens is 2. The smallest absolute Gasteiger partial charge is 0.341 e. The van der Waals surface area contributed by atoms with E-state index >= 15 is 8.78 Å². The van der Waals surface area contributed by atoms with Crippen molar-refractivity contribution in [2.75, 3.05) is 59.6 Å². The van der Waals surface area contributed by atoms with Gasteiger partial charge in [0.15, 0.2) is 11.7 Å². The lowest BCUT2D eigenvalue weighted by atomic mass is 9.55. The van der Waals surface area contributed by atoms with E-state index in [2.05, 4.69) is 20.2 Å². The number of anilines is 1. The average molecular weight is 848 g/mol. The van der Waals surface area contributed by atoms with Gasteiger partial charge in [-0.05, 0) is 81.0 Å². The van der Waals surface area contributed by atoms with Gasteiger partial charge in [0.2, 0.25) is 5.92 Å². The molecule has 13 nitrogen and oxygen atoms in total. The number of piperidine rings is 1. The Morgan fingerprint density at radius 3 is 2.49 bits per heavy atom. The highest BCUT2D eigenvalue weighted by molar-refractivity contribution is 5.94. The number of hydrogen-bond donors (Lipinski definition) is 3. The molecule has 1 aromatic heterocycles. The Morgan fingerprint density at radius 2 is 1.80 bits per heavy atom. The number of aromatic nitrogens is 1. The second kappa shape index (κ2) is 15.7. The van der Waals surface area contributed by atoms with E-state index in [4.69, 9.17) is 18.9 Å². The predicted octanol–water partition coefficient (Wildman–Crippen LogP) is 5.61. The molecule has 1 aliphatic carbocycles. The van der Waals surface area contributed by atoms with Crippen molar-refractivity contribution in [3.8, 4) is 5.75 Å². The first kappa shape index (κ1) is 43.1. The van der Waals surface area contributed by atoms with Crippen molar-refractivity contribution in [1.82, 2.24) is 20.2 Å². The molecule has 5 heterocycles. The number of nitrogens with one attached hydrogen (secondary N) is 2. The molecule has 330 valence electrons. The van der Waals surface area contributed by atoms with Crippen molar-refractivity contribution in [2.24, 2.45) is 17.3 Å². The molecule has 1 saturated heterocycles. The normalized spacial score (nSPS) is 32.7. The van der Waals surface area contributed by atoms with Crippen LogP contribution in [0.15, 0.2) is 48.6 Å². The number of hydrazine groups is 1. The van der Waals surface area contributed by atoms with Crippen molar-refractivity contribution >= 4 is 34.5 Å². The zero-order valence-electron chi connectivity index (χ0n) is 36.2. The van der Waals surface area contributed by atoms with Gasteiger partial charge in [0.05, 0.1) is 32.4 Å². The molecule has 0 amide bonds. The van der Waals surface area contributed by atoms with Crippen LogP contribution in [-0.4, -0.2) is 116 Å². The third-order valence-corrected chi connectivity index (χ3v) is 14.8. The number of rotatable bonds is 7. The SMILES string of the molecule is CCC12C=CCN3CCCc4cc(C5(C(=O)OC)CC6CC(C(C)(F)F)CN(Cc7c5[nH]c5ccccc75)C6)c(OC)cc4N(C)NC31CCC(O)(C(=O)OC)C2OC(C)=O. The highest BCUT2D eigenvalue weighted by Crippen LogP contribution is 2.57. The molecule has 61 heavy (non-hydrogen) atoms. The Morgan fingerprint density at radius 1 is 1.05 bits per heavy atom. The summed E-state index contributed by atoms with van der Waals surface area (Å²) in [6, 6.07) is 11.8. The van der Waals surface area contributed by atoms with Crippen LogP contribution in [0, 0.1) is 17.3 Å². The molecule has 1 saturated carbocycles. The maximum Gasteiger partial charge on any atom is 0.341 e. The molecular weight excluding hydrogens is 789 g/mol. The number of carbonyl (C=O) groups is 3. The van der Waals surface area contributed by atoms with Crippen molar-refractivity contribution in [2.45, 2.75) is 101 Å². The van der Waals surface area contributed by atoms with Crippen LogP contribution in [-0.2, 0) is 47.0 Å². The first-order valence-corrected chi connectivity index (χ1v) is 21.4. The Labute approximate surface area is 355 Å². The van der Waals surface area contributed by atoms with E-state index in [0.717, 1.165) is 34.6 Å². The van der Waals surface area contributed by atoms with Crippen LogP contribution < -0.4 is 15.2 Å². The minimum Gasteiger partial charge on any atom is -0.496 e. The number of aliphatic hydroxyl groups is 1. The lowest BCUT2D eigenvalue weighted by Gasteiger charge is -2.64. The summed E-state index contributed by atoms with van der Waals surface area (Å²) in [5.41, 5.74) is 2.90. The zero-order chi connectivity index (χ0) is 43.7. The number of aromatic amines is 1. The summed E-state index contributed by atoms with van der Waals surface area (Å²) in [5, 5.41) is 15.0. The van der Waals surface area contributed by atoms with Crippen LogP contribution >= 0.6 is 0 Å². The molecule has 3 aromatic rings. The topological polar surface area (TPSA) is 146 Å². The number of aryl methyl sites for hydroxylation is 1. The lowest BCUT2D eigenvalue weighted by molar-refractivity contribution is -0.238. The number of benzene rings is 2. The van der Waals surface area contributed by atoms with Gasteiger partial charge in [-0.25, -0.2) is 19.0 Å². The summed E-state index contributed by atoms with van der Waals surface area (Å²) >= 11 is 0. The van der Waals surface area contributed by atoms with Gasteiger partial charge in [0.25, 0.3) is 0 Å². The number of alkyl halides is 2. The van der Waals surface area contributed by atoms with E-state index in [-0.39, 0.29) is 31.7 Å². The number of methoxy groups -OCH3 is 3. The van der Waals surface area contributed by atoms with Gasteiger partial charge in [0.1, 0.15) is 16.8 Å². The summed E-state index contributed by atoms with van der Waals surface area (Å²) in [5.74, 6) is -5.64. The molecule has 8 atom stereocenters. The predicted molar refractivity (Wildman–Crippen MR) is 224 cm³/mol. The van der Waals surface area contributed by atoms with Crippen molar-refractivity contribution in [1.29, 1.82) is 0 Å². The van der Waals surface area contributed by atoms with Gasteiger partial charge in [0, 0.05) is 80.8 Å². The number of hydrogen-bond acceptors (Lipinski definition) is 12. The van der Waals surface area contributed by atoms with Crippen LogP contribution in [0.25, 0.3) is 10.9 Å². The molecule has 15 heteroatoms. The molecular formula is C46H59F2N5O8. The second-order valence-electron chi connectivity index (χ2n) is 18.0. The first-order valence-electron chi connectivity index (χ1n) is 21.4. The maximum absolute atomic E-state index is 15.2. The van der Waals surface area contributed by atoms with Gasteiger partial charge in [-0.15, -0.1) is 0 Å². The Hall–Kier alpha value is -4.57. The van der Waals surface area contributed by atoms with Crippen molar-refractivity contribution < 1.29 is 47.2 Å². The van der Waals surface area contributed by atoms with Crippen LogP contribution in [0.5, 0.6) is 5.75 Å². The Kier molecular flexibility index (Phi) is 11.1. The first-order chi connectivity index (χ1) is 29.0. The molecule has 4 aliphatic heterocycles. The quantitative estimate of drug-likeness (QED) is 0.154. The fraction of sp³-hybridized carbons (Fsp3) is 0.587. The minimum absolute atomic E-state index is 0.0441. The van der Waals surface area contributed by atoms with Crippen LogP contribution in [0.2, 0.25) is 0 Å². The van der Waals surface area contributed by atoms with Gasteiger partial charge >= 0.3 is 17.9 Å². The second-order valence-corrected chi connectivity index (χ2v) is 18.0. The van der Waals surface area contributed by atoms with Crippen molar-refractivity contribution in [3.05, 3.63) is 70.9 Å². The Bertz CT molecular complexity index is 2240. The number of H-pyrrole nitrogens is 1. The molecule has 0 radical (unpaired) electrons. The molecule has 3 N–H and O–H groups in total. The zero-order valence-corrected chi connectivity index (χ0v) is 36.2. The van der Waals surface area contributed by atoms with Gasteiger partial charge in [-0.2, -0.15) is 0 Å². The van der Waals surface area contributed by atoms with E-state index in [1.54, 1.807) is 7.11 Å². The molecule has 5 aliphatic rings. The minimum atomic E-state index is -2.91. The highest BCUT2D eigenvalue weighted by atomic mass is 19.3. The molecule has 2 aromatic carbocycles. The molecule has 8 unspecified atom stereocenters. The van der Waals surface area contributed by atoms with E-state index in [1.165, 1.54) is 21.1 Å². The Balaban J connectivity index is 1.30. The summed E-state index contributed by atoms with van der Waals surface area (Å²) in [6.07, 6.45) is 5.08. The van der Waals surface area contributed by atoms with E-state index in [1.807, 2.05) is 67.5 Å². The molecule has 2 bridgehead atoms. The highest BCUT2D eigenvalue weighted by Gasteiger charge is 2.70.